The van der Waals surface area contributed by atoms with E-state index in [0.717, 1.165) is 51.3 Å². The van der Waals surface area contributed by atoms with Gasteiger partial charge in [-0.25, -0.2) is 14.4 Å². The van der Waals surface area contributed by atoms with E-state index in [0.29, 0.717) is 18.2 Å². The standard InChI is InChI=1S/C21H28FN5O2/c1-29-21-23-12-16(13-24-21)14-25-7-6-19(20(28)15-25)27-10-8-26(9-11-27)18-5-3-2-4-17(18)22/h2-5,12-13,19-20,28H,6-11,14-15H2,1H3/t19-,20-/m1/s1. The van der Waals surface area contributed by atoms with Crippen molar-refractivity contribution in [3.05, 3.63) is 48.0 Å². The van der Waals surface area contributed by atoms with Crippen LogP contribution in [0.25, 0.3) is 0 Å². The second kappa shape index (κ2) is 9.02. The van der Waals surface area contributed by atoms with E-state index in [2.05, 4.69) is 24.7 Å². The molecule has 2 aliphatic heterocycles. The normalized spacial score (nSPS) is 23.9. The Morgan fingerprint density at radius 2 is 1.83 bits per heavy atom. The molecular weight excluding hydrogens is 373 g/mol. The molecule has 29 heavy (non-hydrogen) atoms. The Balaban J connectivity index is 1.28. The average molecular weight is 401 g/mol. The second-order valence-corrected chi connectivity index (χ2v) is 7.71. The third kappa shape index (κ3) is 4.66. The highest BCUT2D eigenvalue weighted by Gasteiger charge is 2.34. The van der Waals surface area contributed by atoms with E-state index in [1.807, 2.05) is 12.1 Å². The molecule has 2 fully saturated rings. The number of methoxy groups -OCH3 is 1. The molecule has 2 saturated heterocycles. The van der Waals surface area contributed by atoms with Crippen LogP contribution in [0.4, 0.5) is 10.1 Å². The molecule has 0 radical (unpaired) electrons. The molecule has 0 aliphatic carbocycles. The van der Waals surface area contributed by atoms with Gasteiger partial charge in [0, 0.05) is 69.8 Å². The number of piperazine rings is 1. The van der Waals surface area contributed by atoms with Crippen LogP contribution >= 0.6 is 0 Å². The molecule has 2 aromatic rings. The van der Waals surface area contributed by atoms with Gasteiger partial charge in [0.05, 0.1) is 18.9 Å². The van der Waals surface area contributed by atoms with Gasteiger partial charge in [-0.3, -0.25) is 9.80 Å². The van der Waals surface area contributed by atoms with Crippen molar-refractivity contribution in [3.63, 3.8) is 0 Å². The Kier molecular flexibility index (Phi) is 6.22. The Morgan fingerprint density at radius 3 is 2.48 bits per heavy atom. The van der Waals surface area contributed by atoms with Crippen molar-refractivity contribution in [1.82, 2.24) is 19.8 Å². The Morgan fingerprint density at radius 1 is 1.10 bits per heavy atom. The first-order valence-electron chi connectivity index (χ1n) is 10.1. The van der Waals surface area contributed by atoms with E-state index < -0.39 is 6.10 Å². The number of halogens is 1. The largest absolute Gasteiger partial charge is 0.467 e. The highest BCUT2D eigenvalue weighted by atomic mass is 19.1. The average Bonchev–Trinajstić information content (AvgIpc) is 2.75. The van der Waals surface area contributed by atoms with Gasteiger partial charge in [0.25, 0.3) is 0 Å². The maximum atomic E-state index is 14.0. The van der Waals surface area contributed by atoms with E-state index >= 15 is 0 Å². The smallest absolute Gasteiger partial charge is 0.316 e. The summed E-state index contributed by atoms with van der Waals surface area (Å²) in [7, 11) is 1.55. The number of likely N-dealkylation sites (tertiary alicyclic amines) is 1. The van der Waals surface area contributed by atoms with Crippen molar-refractivity contribution < 1.29 is 14.2 Å². The van der Waals surface area contributed by atoms with Crippen LogP contribution in [0, 0.1) is 5.82 Å². The van der Waals surface area contributed by atoms with E-state index in [-0.39, 0.29) is 11.9 Å². The minimum atomic E-state index is -0.400. The van der Waals surface area contributed by atoms with Crippen LogP contribution < -0.4 is 9.64 Å². The van der Waals surface area contributed by atoms with E-state index in [1.54, 1.807) is 25.6 Å². The summed E-state index contributed by atoms with van der Waals surface area (Å²) in [6, 6.07) is 7.45. The van der Waals surface area contributed by atoms with Crippen molar-refractivity contribution in [3.8, 4) is 6.01 Å². The fraction of sp³-hybridized carbons (Fsp3) is 0.524. The number of ether oxygens (including phenoxy) is 1. The monoisotopic (exact) mass is 401 g/mol. The SMILES string of the molecule is COc1ncc(CN2CC[C@@H](N3CCN(c4ccccc4F)CC3)[C@H](O)C2)cn1. The molecular formula is C21H28FN5O2. The van der Waals surface area contributed by atoms with Gasteiger partial charge in [-0.15, -0.1) is 0 Å². The molecule has 8 heteroatoms. The van der Waals surface area contributed by atoms with Gasteiger partial charge in [-0.1, -0.05) is 12.1 Å². The van der Waals surface area contributed by atoms with Crippen LogP contribution in [0.3, 0.4) is 0 Å². The molecule has 0 amide bonds. The zero-order chi connectivity index (χ0) is 20.2. The third-order valence-corrected chi connectivity index (χ3v) is 5.88. The van der Waals surface area contributed by atoms with Crippen LogP contribution in [0.1, 0.15) is 12.0 Å². The Hall–Kier alpha value is -2.29. The number of β-amino-alcohol motifs (C(OH)–C–C–N with tert-alkyl or cyclic N) is 1. The van der Waals surface area contributed by atoms with Gasteiger partial charge in [0.15, 0.2) is 0 Å². The molecule has 156 valence electrons. The first-order chi connectivity index (χ1) is 14.1. The van der Waals surface area contributed by atoms with Gasteiger partial charge >= 0.3 is 6.01 Å². The molecule has 3 heterocycles. The minimum Gasteiger partial charge on any atom is -0.467 e. The molecule has 2 atom stereocenters. The number of nitrogens with zero attached hydrogens (tertiary/aromatic N) is 5. The van der Waals surface area contributed by atoms with Crippen molar-refractivity contribution in [2.75, 3.05) is 51.3 Å². The van der Waals surface area contributed by atoms with Crippen molar-refractivity contribution in [2.24, 2.45) is 0 Å². The number of rotatable bonds is 5. The van der Waals surface area contributed by atoms with Crippen LogP contribution in [0.15, 0.2) is 36.7 Å². The van der Waals surface area contributed by atoms with Gasteiger partial charge in [-0.2, -0.15) is 0 Å². The highest BCUT2D eigenvalue weighted by molar-refractivity contribution is 5.48. The summed E-state index contributed by atoms with van der Waals surface area (Å²) >= 11 is 0. The lowest BCUT2D eigenvalue weighted by Gasteiger charge is -2.45. The van der Waals surface area contributed by atoms with Crippen LogP contribution in [-0.4, -0.2) is 83.4 Å². The minimum absolute atomic E-state index is 0.154. The van der Waals surface area contributed by atoms with E-state index in [1.165, 1.54) is 6.07 Å². The molecule has 1 aromatic heterocycles. The van der Waals surface area contributed by atoms with Gasteiger partial charge in [0.2, 0.25) is 0 Å². The predicted octanol–water partition coefficient (Wildman–Crippen LogP) is 1.38. The number of anilines is 1. The maximum Gasteiger partial charge on any atom is 0.316 e. The maximum absolute atomic E-state index is 14.0. The van der Waals surface area contributed by atoms with E-state index in [4.69, 9.17) is 4.74 Å². The zero-order valence-electron chi connectivity index (χ0n) is 16.7. The first kappa shape index (κ1) is 20.0. The van der Waals surface area contributed by atoms with Crippen molar-refractivity contribution >= 4 is 5.69 Å². The van der Waals surface area contributed by atoms with Crippen LogP contribution in [0.2, 0.25) is 0 Å². The zero-order valence-corrected chi connectivity index (χ0v) is 16.7. The number of aliphatic hydroxyl groups excluding tert-OH is 1. The number of para-hydroxylation sites is 1. The quantitative estimate of drug-likeness (QED) is 0.812. The fourth-order valence-corrected chi connectivity index (χ4v) is 4.35. The van der Waals surface area contributed by atoms with Crippen LogP contribution in [0.5, 0.6) is 6.01 Å². The van der Waals surface area contributed by atoms with Crippen molar-refractivity contribution in [1.29, 1.82) is 0 Å². The Bertz CT molecular complexity index is 798. The number of aliphatic hydroxyl groups is 1. The van der Waals surface area contributed by atoms with Gasteiger partial charge < -0.3 is 14.7 Å². The molecule has 1 aromatic carbocycles. The Labute approximate surface area is 170 Å². The molecule has 2 aliphatic rings. The summed E-state index contributed by atoms with van der Waals surface area (Å²) in [6.07, 6.45) is 4.05. The fourth-order valence-electron chi connectivity index (χ4n) is 4.35. The highest BCUT2D eigenvalue weighted by Crippen LogP contribution is 2.24. The third-order valence-electron chi connectivity index (χ3n) is 5.88. The lowest BCUT2D eigenvalue weighted by molar-refractivity contribution is -0.0172. The summed E-state index contributed by atoms with van der Waals surface area (Å²) in [5.74, 6) is -0.170. The molecule has 0 unspecified atom stereocenters. The summed E-state index contributed by atoms with van der Waals surface area (Å²) in [5.41, 5.74) is 1.68. The predicted molar refractivity (Wildman–Crippen MR) is 108 cm³/mol. The van der Waals surface area contributed by atoms with Crippen LogP contribution in [-0.2, 0) is 6.54 Å². The van der Waals surface area contributed by atoms with Crippen molar-refractivity contribution in [2.45, 2.75) is 25.1 Å². The molecule has 7 nitrogen and oxygen atoms in total. The number of aromatic nitrogens is 2. The molecule has 4 rings (SSSR count). The first-order valence-corrected chi connectivity index (χ1v) is 10.1. The number of hydrogen-bond acceptors (Lipinski definition) is 7. The summed E-state index contributed by atoms with van der Waals surface area (Å²) in [6.45, 7) is 5.49. The molecule has 1 N–H and O–H groups in total. The van der Waals surface area contributed by atoms with Gasteiger partial charge in [0.1, 0.15) is 5.82 Å². The lowest BCUT2D eigenvalue weighted by atomic mass is 9.98. The number of hydrogen-bond donors (Lipinski definition) is 1. The lowest BCUT2D eigenvalue weighted by Crippen LogP contribution is -2.58. The number of benzene rings is 1. The second-order valence-electron chi connectivity index (χ2n) is 7.71. The molecule has 0 spiro atoms. The summed E-state index contributed by atoms with van der Waals surface area (Å²) in [5, 5.41) is 10.8. The molecule has 0 saturated carbocycles. The topological polar surface area (TPSA) is 65.0 Å². The summed E-state index contributed by atoms with van der Waals surface area (Å²) < 4.78 is 19.0. The van der Waals surface area contributed by atoms with E-state index in [9.17, 15) is 9.50 Å². The number of piperidine rings is 1. The molecule has 0 bridgehead atoms. The summed E-state index contributed by atoms with van der Waals surface area (Å²) in [4.78, 5) is 15.0. The van der Waals surface area contributed by atoms with Gasteiger partial charge in [-0.05, 0) is 18.6 Å².